The molecule has 2 aromatic heterocycles. The van der Waals surface area contributed by atoms with Gasteiger partial charge in [0.2, 0.25) is 0 Å². The fourth-order valence-electron chi connectivity index (χ4n) is 4.26. The monoisotopic (exact) mass is 471 g/mol. The molecule has 4 heterocycles. The van der Waals surface area contributed by atoms with Crippen LogP contribution in [0.2, 0.25) is 0 Å². The van der Waals surface area contributed by atoms with Crippen LogP contribution in [0.4, 0.5) is 5.82 Å². The Morgan fingerprint density at radius 1 is 1.27 bits per heavy atom. The number of rotatable bonds is 5. The largest absolute Gasteiger partial charge is 0.379 e. The van der Waals surface area contributed by atoms with Crippen molar-refractivity contribution in [2.45, 2.75) is 71.5 Å². The number of nitrogens with zero attached hydrogens (tertiary/aromatic N) is 3. The van der Waals surface area contributed by atoms with Crippen molar-refractivity contribution in [1.29, 1.82) is 0 Å². The Bertz CT molecular complexity index is 1040. The predicted molar refractivity (Wildman–Crippen MR) is 130 cm³/mol. The standard InChI is InChI=1S/C24H33N5O3S/c1-14-11-18(28-24(3,4)5)25-12-17(14)20-19(23(31)29-9-6-7-15(29)2)27-22(33-20)21(30)26-16-8-10-32-13-16/h11-12,15-16H,6-10,13H2,1-5H3,(H,25,28)(H,26,30)/t15-,16+/m0/s1. The van der Waals surface area contributed by atoms with Gasteiger partial charge in [0, 0.05) is 36.5 Å². The molecule has 2 aliphatic rings. The topological polar surface area (TPSA) is 96.5 Å². The average molecular weight is 472 g/mol. The molecular weight excluding hydrogens is 438 g/mol. The first-order valence-electron chi connectivity index (χ1n) is 11.6. The first kappa shape index (κ1) is 23.6. The molecule has 178 valence electrons. The lowest BCUT2D eigenvalue weighted by Gasteiger charge is -2.22. The fourth-order valence-corrected chi connectivity index (χ4v) is 5.29. The number of thiazole rings is 1. The maximum absolute atomic E-state index is 13.5. The number of aryl methyl sites for hydroxylation is 1. The van der Waals surface area contributed by atoms with E-state index >= 15 is 0 Å². The summed E-state index contributed by atoms with van der Waals surface area (Å²) in [4.78, 5) is 38.1. The third-order valence-electron chi connectivity index (χ3n) is 5.96. The number of ether oxygens (including phenoxy) is 1. The van der Waals surface area contributed by atoms with Crippen molar-refractivity contribution in [2.75, 3.05) is 25.1 Å². The number of carbonyl (C=O) groups is 2. The number of pyridine rings is 1. The summed E-state index contributed by atoms with van der Waals surface area (Å²) in [6, 6.07) is 2.12. The molecule has 2 saturated heterocycles. The van der Waals surface area contributed by atoms with Gasteiger partial charge in [0.1, 0.15) is 11.5 Å². The third kappa shape index (κ3) is 5.35. The second-order valence-corrected chi connectivity index (χ2v) is 11.0. The van der Waals surface area contributed by atoms with Crippen LogP contribution in [-0.4, -0.2) is 64.1 Å². The Morgan fingerprint density at radius 2 is 2.06 bits per heavy atom. The van der Waals surface area contributed by atoms with Gasteiger partial charge in [0.15, 0.2) is 5.01 Å². The predicted octanol–water partition coefficient (Wildman–Crippen LogP) is 3.87. The van der Waals surface area contributed by atoms with E-state index in [4.69, 9.17) is 4.74 Å². The van der Waals surface area contributed by atoms with Gasteiger partial charge in [-0.1, -0.05) is 0 Å². The summed E-state index contributed by atoms with van der Waals surface area (Å²) >= 11 is 1.25. The molecule has 2 atom stereocenters. The van der Waals surface area contributed by atoms with E-state index in [1.165, 1.54) is 11.3 Å². The molecule has 0 bridgehead atoms. The Kier molecular flexibility index (Phi) is 6.72. The van der Waals surface area contributed by atoms with Crippen molar-refractivity contribution < 1.29 is 14.3 Å². The maximum atomic E-state index is 13.5. The summed E-state index contributed by atoms with van der Waals surface area (Å²) in [5.74, 6) is 0.390. The smallest absolute Gasteiger partial charge is 0.280 e. The van der Waals surface area contributed by atoms with Crippen LogP contribution in [0.25, 0.3) is 10.4 Å². The molecule has 2 fully saturated rings. The van der Waals surface area contributed by atoms with Crippen LogP contribution in [0, 0.1) is 6.92 Å². The quantitative estimate of drug-likeness (QED) is 0.687. The lowest BCUT2D eigenvalue weighted by Crippen LogP contribution is -2.35. The van der Waals surface area contributed by atoms with E-state index in [0.717, 1.165) is 36.2 Å². The summed E-state index contributed by atoms with van der Waals surface area (Å²) < 4.78 is 5.36. The van der Waals surface area contributed by atoms with Gasteiger partial charge in [-0.3, -0.25) is 9.59 Å². The number of amides is 2. The second-order valence-electron chi connectivity index (χ2n) is 9.98. The lowest BCUT2D eigenvalue weighted by molar-refractivity contribution is 0.0743. The fraction of sp³-hybridized carbons (Fsp3) is 0.583. The van der Waals surface area contributed by atoms with Crippen LogP contribution in [0.15, 0.2) is 12.3 Å². The molecule has 8 nitrogen and oxygen atoms in total. The number of aromatic nitrogens is 2. The molecule has 2 aromatic rings. The van der Waals surface area contributed by atoms with Gasteiger partial charge in [-0.15, -0.1) is 11.3 Å². The van der Waals surface area contributed by atoms with Crippen LogP contribution in [-0.2, 0) is 4.74 Å². The molecule has 0 saturated carbocycles. The maximum Gasteiger partial charge on any atom is 0.280 e. The van der Waals surface area contributed by atoms with Gasteiger partial charge in [-0.05, 0) is 65.5 Å². The zero-order valence-electron chi connectivity index (χ0n) is 20.0. The van der Waals surface area contributed by atoms with E-state index < -0.39 is 0 Å². The number of likely N-dealkylation sites (tertiary alicyclic amines) is 1. The molecule has 0 unspecified atom stereocenters. The molecule has 9 heteroatoms. The minimum Gasteiger partial charge on any atom is -0.379 e. The molecule has 2 N–H and O–H groups in total. The molecule has 0 spiro atoms. The van der Waals surface area contributed by atoms with Crippen LogP contribution < -0.4 is 10.6 Å². The van der Waals surface area contributed by atoms with Crippen LogP contribution in [0.3, 0.4) is 0 Å². The number of hydrogen-bond donors (Lipinski definition) is 2. The third-order valence-corrected chi connectivity index (χ3v) is 7.05. The van der Waals surface area contributed by atoms with Crippen LogP contribution >= 0.6 is 11.3 Å². The average Bonchev–Trinajstić information content (AvgIpc) is 3.47. The summed E-state index contributed by atoms with van der Waals surface area (Å²) in [6.07, 6.45) is 4.52. The van der Waals surface area contributed by atoms with E-state index in [0.29, 0.717) is 35.3 Å². The minimum atomic E-state index is -0.262. The lowest BCUT2D eigenvalue weighted by atomic mass is 10.1. The Labute approximate surface area is 199 Å². The first-order chi connectivity index (χ1) is 15.6. The van der Waals surface area contributed by atoms with Gasteiger partial charge in [0.05, 0.1) is 17.5 Å². The number of nitrogens with one attached hydrogen (secondary N) is 2. The van der Waals surface area contributed by atoms with Gasteiger partial charge in [-0.2, -0.15) is 0 Å². The molecule has 0 radical (unpaired) electrons. The number of anilines is 1. The summed E-state index contributed by atoms with van der Waals surface area (Å²) in [7, 11) is 0. The number of carbonyl (C=O) groups excluding carboxylic acids is 2. The summed E-state index contributed by atoms with van der Waals surface area (Å²) in [5.41, 5.74) is 2.02. The summed E-state index contributed by atoms with van der Waals surface area (Å²) in [6.45, 7) is 12.2. The highest BCUT2D eigenvalue weighted by Gasteiger charge is 2.32. The second kappa shape index (κ2) is 9.38. The molecule has 2 amide bonds. The Morgan fingerprint density at radius 3 is 2.67 bits per heavy atom. The first-order valence-corrected chi connectivity index (χ1v) is 12.4. The van der Waals surface area contributed by atoms with E-state index in [-0.39, 0.29) is 29.4 Å². The normalized spacial score (nSPS) is 20.8. The summed E-state index contributed by atoms with van der Waals surface area (Å²) in [5, 5.41) is 6.66. The van der Waals surface area contributed by atoms with E-state index in [2.05, 4.69) is 48.3 Å². The van der Waals surface area contributed by atoms with E-state index in [1.807, 2.05) is 17.9 Å². The van der Waals surface area contributed by atoms with E-state index in [1.54, 1.807) is 6.20 Å². The molecular formula is C24H33N5O3S. The molecule has 0 aliphatic carbocycles. The highest BCUT2D eigenvalue weighted by atomic mass is 32.1. The van der Waals surface area contributed by atoms with Crippen LogP contribution in [0.5, 0.6) is 0 Å². The van der Waals surface area contributed by atoms with Crippen molar-refractivity contribution in [3.8, 4) is 10.4 Å². The van der Waals surface area contributed by atoms with Crippen molar-refractivity contribution in [1.82, 2.24) is 20.2 Å². The number of hydrogen-bond acceptors (Lipinski definition) is 7. The minimum absolute atomic E-state index is 0.0197. The molecule has 2 aliphatic heterocycles. The van der Waals surface area contributed by atoms with Gasteiger partial charge < -0.3 is 20.3 Å². The molecule has 33 heavy (non-hydrogen) atoms. The SMILES string of the molecule is Cc1cc(NC(C)(C)C)ncc1-c1sc(C(=O)N[C@@H]2CCOC2)nc1C(=O)N1CCC[C@@H]1C. The van der Waals surface area contributed by atoms with E-state index in [9.17, 15) is 9.59 Å². The molecule has 4 rings (SSSR count). The van der Waals surface area contributed by atoms with Crippen molar-refractivity contribution in [3.05, 3.63) is 28.5 Å². The van der Waals surface area contributed by atoms with Crippen LogP contribution in [0.1, 0.15) is 72.8 Å². The van der Waals surface area contributed by atoms with Crippen molar-refractivity contribution in [3.63, 3.8) is 0 Å². The van der Waals surface area contributed by atoms with Crippen molar-refractivity contribution >= 4 is 29.0 Å². The highest BCUT2D eigenvalue weighted by molar-refractivity contribution is 7.17. The highest BCUT2D eigenvalue weighted by Crippen LogP contribution is 2.35. The van der Waals surface area contributed by atoms with Gasteiger partial charge in [0.25, 0.3) is 11.8 Å². The zero-order chi connectivity index (χ0) is 23.8. The van der Waals surface area contributed by atoms with Crippen molar-refractivity contribution in [2.24, 2.45) is 0 Å². The Balaban J connectivity index is 1.70. The van der Waals surface area contributed by atoms with Gasteiger partial charge in [-0.25, -0.2) is 9.97 Å². The van der Waals surface area contributed by atoms with Gasteiger partial charge >= 0.3 is 0 Å². The Hall–Kier alpha value is -2.52. The zero-order valence-corrected chi connectivity index (χ0v) is 20.8. The molecule has 0 aromatic carbocycles.